The number of urea groups is 1. The number of hydrogen-bond acceptors (Lipinski definition) is 3. The van der Waals surface area contributed by atoms with Gasteiger partial charge in [0.05, 0.1) is 10.7 Å². The first-order chi connectivity index (χ1) is 10.5. The molecule has 0 heterocycles. The van der Waals surface area contributed by atoms with E-state index in [1.54, 1.807) is 12.1 Å². The van der Waals surface area contributed by atoms with E-state index in [1.807, 2.05) is 25.1 Å². The number of para-hydroxylation sites is 1. The zero-order valence-electron chi connectivity index (χ0n) is 11.6. The van der Waals surface area contributed by atoms with Crippen molar-refractivity contribution in [3.8, 4) is 5.75 Å². The predicted octanol–water partition coefficient (Wildman–Crippen LogP) is 4.27. The van der Waals surface area contributed by atoms with E-state index in [2.05, 4.69) is 31.8 Å². The number of phenolic OH excluding ortho intramolecular Hbond substituents is 1. The predicted molar refractivity (Wildman–Crippen MR) is 91.7 cm³/mol. The van der Waals surface area contributed by atoms with Gasteiger partial charge in [-0.15, -0.1) is 0 Å². The second-order valence-electron chi connectivity index (χ2n) is 4.46. The van der Waals surface area contributed by atoms with Crippen LogP contribution < -0.4 is 10.7 Å². The number of hydrogen-bond donors (Lipinski definition) is 3. The van der Waals surface area contributed by atoms with E-state index in [1.165, 1.54) is 12.3 Å². The molecule has 0 bridgehead atoms. The van der Waals surface area contributed by atoms with Crippen molar-refractivity contribution in [2.75, 3.05) is 5.32 Å². The van der Waals surface area contributed by atoms with E-state index in [-0.39, 0.29) is 5.75 Å². The van der Waals surface area contributed by atoms with Gasteiger partial charge in [-0.25, -0.2) is 10.2 Å². The molecule has 0 saturated heterocycles. The van der Waals surface area contributed by atoms with E-state index in [0.717, 1.165) is 5.56 Å². The number of amides is 2. The maximum Gasteiger partial charge on any atom is 0.339 e. The molecule has 0 fully saturated rings. The van der Waals surface area contributed by atoms with E-state index in [0.29, 0.717) is 20.7 Å². The topological polar surface area (TPSA) is 73.7 Å². The molecule has 0 saturated carbocycles. The minimum Gasteiger partial charge on any atom is -0.506 e. The summed E-state index contributed by atoms with van der Waals surface area (Å²) in [5.74, 6) is -0.00531. The third-order valence-electron chi connectivity index (χ3n) is 2.82. The molecule has 22 heavy (non-hydrogen) atoms. The van der Waals surface area contributed by atoms with Crippen LogP contribution in [0, 0.1) is 6.92 Å². The molecule has 2 aromatic carbocycles. The molecule has 2 amide bonds. The number of halogens is 2. The van der Waals surface area contributed by atoms with Gasteiger partial charge in [0, 0.05) is 16.3 Å². The fourth-order valence-electron chi connectivity index (χ4n) is 1.71. The molecule has 114 valence electrons. The number of phenols is 1. The monoisotopic (exact) mass is 381 g/mol. The molecular weight excluding hydrogens is 370 g/mol. The smallest absolute Gasteiger partial charge is 0.339 e. The summed E-state index contributed by atoms with van der Waals surface area (Å²) in [6.45, 7) is 1.89. The van der Waals surface area contributed by atoms with Gasteiger partial charge in [0.15, 0.2) is 0 Å². The third kappa shape index (κ3) is 4.22. The number of aryl methyl sites for hydroxylation is 1. The highest BCUT2D eigenvalue weighted by atomic mass is 79.9. The maximum absolute atomic E-state index is 11.7. The second-order valence-corrected chi connectivity index (χ2v) is 5.76. The van der Waals surface area contributed by atoms with E-state index in [4.69, 9.17) is 11.6 Å². The molecule has 0 aromatic heterocycles. The number of nitrogens with zero attached hydrogens (tertiary/aromatic N) is 1. The summed E-state index contributed by atoms with van der Waals surface area (Å²) in [4.78, 5) is 11.7. The standard InChI is InChI=1S/C15H13BrClN3O2/c1-9-4-2-3-5-13(9)19-15(22)20-18-8-10-6-11(17)7-12(16)14(10)21/h2-8,21H,1H3,(H2,19,20,22)/b18-8+. The van der Waals surface area contributed by atoms with Gasteiger partial charge in [0.2, 0.25) is 0 Å². The zero-order valence-corrected chi connectivity index (χ0v) is 13.9. The van der Waals surface area contributed by atoms with Gasteiger partial charge >= 0.3 is 6.03 Å². The van der Waals surface area contributed by atoms with Crippen LogP contribution in [0.1, 0.15) is 11.1 Å². The largest absolute Gasteiger partial charge is 0.506 e. The first-order valence-corrected chi connectivity index (χ1v) is 7.48. The van der Waals surface area contributed by atoms with E-state index < -0.39 is 6.03 Å². The van der Waals surface area contributed by atoms with Crippen LogP contribution in [-0.2, 0) is 0 Å². The first-order valence-electron chi connectivity index (χ1n) is 6.31. The molecule has 0 atom stereocenters. The Kier molecular flexibility index (Phi) is 5.41. The highest BCUT2D eigenvalue weighted by molar-refractivity contribution is 9.10. The van der Waals surface area contributed by atoms with Crippen LogP contribution in [0.2, 0.25) is 5.02 Å². The zero-order chi connectivity index (χ0) is 16.1. The van der Waals surface area contributed by atoms with Crippen molar-refractivity contribution in [3.05, 3.63) is 57.0 Å². The van der Waals surface area contributed by atoms with Crippen LogP contribution in [0.15, 0.2) is 46.0 Å². The number of anilines is 1. The summed E-state index contributed by atoms with van der Waals surface area (Å²) in [7, 11) is 0. The second kappa shape index (κ2) is 7.29. The molecule has 0 aliphatic rings. The van der Waals surface area contributed by atoms with E-state index >= 15 is 0 Å². The maximum atomic E-state index is 11.7. The number of carbonyl (C=O) groups is 1. The van der Waals surface area contributed by atoms with Crippen LogP contribution in [-0.4, -0.2) is 17.4 Å². The summed E-state index contributed by atoms with van der Waals surface area (Å²) < 4.78 is 0.450. The van der Waals surface area contributed by atoms with Crippen molar-refractivity contribution in [2.24, 2.45) is 5.10 Å². The number of hydrazone groups is 1. The molecule has 5 nitrogen and oxygen atoms in total. The first kappa shape index (κ1) is 16.3. The van der Waals surface area contributed by atoms with Crippen molar-refractivity contribution < 1.29 is 9.90 Å². The van der Waals surface area contributed by atoms with Crippen LogP contribution in [0.3, 0.4) is 0 Å². The molecule has 0 radical (unpaired) electrons. The van der Waals surface area contributed by atoms with Gasteiger partial charge < -0.3 is 10.4 Å². The fraction of sp³-hybridized carbons (Fsp3) is 0.0667. The van der Waals surface area contributed by atoms with Crippen molar-refractivity contribution >= 4 is 45.5 Å². The molecule has 2 rings (SSSR count). The van der Waals surface area contributed by atoms with Crippen molar-refractivity contribution in [2.45, 2.75) is 6.92 Å². The third-order valence-corrected chi connectivity index (χ3v) is 3.64. The Labute approximate surface area is 141 Å². The number of nitrogens with one attached hydrogen (secondary N) is 2. The van der Waals surface area contributed by atoms with Crippen LogP contribution in [0.5, 0.6) is 5.75 Å². The van der Waals surface area contributed by atoms with Gasteiger partial charge in [-0.3, -0.25) is 0 Å². The SMILES string of the molecule is Cc1ccccc1NC(=O)N/N=C/c1cc(Cl)cc(Br)c1O. The van der Waals surface area contributed by atoms with Crippen molar-refractivity contribution in [1.82, 2.24) is 5.43 Å². The lowest BCUT2D eigenvalue weighted by Gasteiger charge is -2.07. The Hall–Kier alpha value is -2.05. The van der Waals surface area contributed by atoms with E-state index in [9.17, 15) is 9.90 Å². The molecule has 0 aliphatic heterocycles. The van der Waals surface area contributed by atoms with Crippen molar-refractivity contribution in [3.63, 3.8) is 0 Å². The summed E-state index contributed by atoms with van der Waals surface area (Å²) >= 11 is 9.06. The quantitative estimate of drug-likeness (QED) is 0.548. The summed E-state index contributed by atoms with van der Waals surface area (Å²) in [5.41, 5.74) is 4.35. The Morgan fingerprint density at radius 1 is 1.36 bits per heavy atom. The Bertz CT molecular complexity index is 735. The molecule has 2 aromatic rings. The number of aromatic hydroxyl groups is 1. The number of benzene rings is 2. The Morgan fingerprint density at radius 3 is 2.82 bits per heavy atom. The molecule has 7 heteroatoms. The average molecular weight is 383 g/mol. The van der Waals surface area contributed by atoms with Gasteiger partial charge in [-0.1, -0.05) is 29.8 Å². The Morgan fingerprint density at radius 2 is 2.09 bits per heavy atom. The lowest BCUT2D eigenvalue weighted by Crippen LogP contribution is -2.24. The minimum atomic E-state index is -0.480. The molecule has 3 N–H and O–H groups in total. The average Bonchev–Trinajstić information content (AvgIpc) is 2.46. The summed E-state index contributed by atoms with van der Waals surface area (Å²) in [6, 6.07) is 10.0. The molecule has 0 unspecified atom stereocenters. The molecular formula is C15H13BrClN3O2. The Balaban J connectivity index is 2.01. The highest BCUT2D eigenvalue weighted by Gasteiger charge is 2.06. The molecule has 0 aliphatic carbocycles. The normalized spacial score (nSPS) is 10.7. The fourth-order valence-corrected chi connectivity index (χ4v) is 2.54. The number of carbonyl (C=O) groups excluding carboxylic acids is 1. The van der Waals surface area contributed by atoms with Crippen LogP contribution >= 0.6 is 27.5 Å². The summed E-state index contributed by atoms with van der Waals surface area (Å²) in [5, 5.41) is 16.7. The van der Waals surface area contributed by atoms with Crippen molar-refractivity contribution in [1.29, 1.82) is 0 Å². The summed E-state index contributed by atoms with van der Waals surface area (Å²) in [6.07, 6.45) is 1.31. The minimum absolute atomic E-state index is 0.00531. The lowest BCUT2D eigenvalue weighted by atomic mass is 10.2. The number of rotatable bonds is 3. The van der Waals surface area contributed by atoms with Crippen LogP contribution in [0.4, 0.5) is 10.5 Å². The highest BCUT2D eigenvalue weighted by Crippen LogP contribution is 2.30. The molecule has 0 spiro atoms. The van der Waals surface area contributed by atoms with Crippen LogP contribution in [0.25, 0.3) is 0 Å². The lowest BCUT2D eigenvalue weighted by molar-refractivity contribution is 0.252. The van der Waals surface area contributed by atoms with Gasteiger partial charge in [0.1, 0.15) is 5.75 Å². The van der Waals surface area contributed by atoms with Gasteiger partial charge in [-0.05, 0) is 46.6 Å². The van der Waals surface area contributed by atoms with Gasteiger partial charge in [0.25, 0.3) is 0 Å². The van der Waals surface area contributed by atoms with Gasteiger partial charge in [-0.2, -0.15) is 5.10 Å².